The zero-order chi connectivity index (χ0) is 13.8. The molecule has 0 radical (unpaired) electrons. The van der Waals surface area contributed by atoms with Crippen molar-refractivity contribution in [3.05, 3.63) is 28.2 Å². The second-order valence-corrected chi connectivity index (χ2v) is 5.48. The van der Waals surface area contributed by atoms with E-state index in [1.54, 1.807) is 23.1 Å². The lowest BCUT2D eigenvalue weighted by molar-refractivity contribution is 0.166. The van der Waals surface area contributed by atoms with Crippen molar-refractivity contribution in [2.24, 2.45) is 5.73 Å². The van der Waals surface area contributed by atoms with Crippen LogP contribution in [0.3, 0.4) is 0 Å². The molecule has 1 aliphatic heterocycles. The minimum absolute atomic E-state index is 0.103. The summed E-state index contributed by atoms with van der Waals surface area (Å²) in [5.74, 6) is 0. The van der Waals surface area contributed by atoms with E-state index in [2.05, 4.69) is 5.32 Å². The van der Waals surface area contributed by atoms with Crippen LogP contribution in [0.4, 0.5) is 10.5 Å². The van der Waals surface area contributed by atoms with Gasteiger partial charge in [0, 0.05) is 24.2 Å². The Hall–Kier alpha value is -0.970. The Balaban J connectivity index is 2.09. The van der Waals surface area contributed by atoms with Gasteiger partial charge >= 0.3 is 6.03 Å². The highest BCUT2D eigenvalue weighted by molar-refractivity contribution is 6.35. The third-order valence-electron chi connectivity index (χ3n) is 3.33. The molecular formula is C13H17Cl2N3O. The molecule has 0 spiro atoms. The highest BCUT2D eigenvalue weighted by Crippen LogP contribution is 2.26. The van der Waals surface area contributed by atoms with Gasteiger partial charge in [0.2, 0.25) is 0 Å². The normalized spacial score (nSPS) is 19.3. The molecule has 1 aliphatic rings. The van der Waals surface area contributed by atoms with Gasteiger partial charge in [-0.3, -0.25) is 0 Å². The summed E-state index contributed by atoms with van der Waals surface area (Å²) in [6.07, 6.45) is 3.07. The van der Waals surface area contributed by atoms with Gasteiger partial charge in [-0.1, -0.05) is 23.2 Å². The van der Waals surface area contributed by atoms with E-state index in [1.807, 2.05) is 0 Å². The van der Waals surface area contributed by atoms with E-state index in [-0.39, 0.29) is 12.1 Å². The van der Waals surface area contributed by atoms with E-state index in [4.69, 9.17) is 28.9 Å². The summed E-state index contributed by atoms with van der Waals surface area (Å²) in [4.78, 5) is 14.0. The maximum atomic E-state index is 12.3. The van der Waals surface area contributed by atoms with Crippen molar-refractivity contribution in [3.8, 4) is 0 Å². The number of rotatable bonds is 2. The number of nitrogens with two attached hydrogens (primary N) is 1. The van der Waals surface area contributed by atoms with Gasteiger partial charge in [0.15, 0.2) is 0 Å². The van der Waals surface area contributed by atoms with E-state index in [1.165, 1.54) is 0 Å². The number of piperidine rings is 1. The molecule has 104 valence electrons. The second kappa shape index (κ2) is 6.46. The molecule has 2 rings (SSSR count). The molecule has 0 bridgehead atoms. The van der Waals surface area contributed by atoms with Crippen LogP contribution >= 0.6 is 23.2 Å². The molecule has 4 nitrogen and oxygen atoms in total. The summed E-state index contributed by atoms with van der Waals surface area (Å²) in [5.41, 5.74) is 6.24. The predicted molar refractivity (Wildman–Crippen MR) is 78.9 cm³/mol. The number of likely N-dealkylation sites (tertiary alicyclic amines) is 1. The number of amides is 2. The molecule has 1 unspecified atom stereocenters. The van der Waals surface area contributed by atoms with Crippen LogP contribution in [0.1, 0.15) is 19.3 Å². The highest BCUT2D eigenvalue weighted by Gasteiger charge is 2.25. The van der Waals surface area contributed by atoms with E-state index >= 15 is 0 Å². The summed E-state index contributed by atoms with van der Waals surface area (Å²) in [5, 5.41) is 3.81. The zero-order valence-electron chi connectivity index (χ0n) is 10.5. The Morgan fingerprint density at radius 3 is 2.95 bits per heavy atom. The monoisotopic (exact) mass is 301 g/mol. The third-order valence-corrected chi connectivity index (χ3v) is 3.89. The smallest absolute Gasteiger partial charge is 0.322 e. The molecule has 1 aromatic carbocycles. The van der Waals surface area contributed by atoms with Crippen molar-refractivity contribution >= 4 is 34.9 Å². The van der Waals surface area contributed by atoms with Crippen molar-refractivity contribution in [1.29, 1.82) is 0 Å². The molecule has 1 aromatic rings. The first kappa shape index (κ1) is 14.4. The lowest BCUT2D eigenvalue weighted by atomic mass is 10.0. The maximum absolute atomic E-state index is 12.3. The van der Waals surface area contributed by atoms with E-state index < -0.39 is 0 Å². The van der Waals surface area contributed by atoms with Crippen LogP contribution in [0.5, 0.6) is 0 Å². The standard InChI is InChI=1S/C13H17Cl2N3O/c14-9-4-5-11(15)12(7-9)17-13(19)18-6-2-1-3-10(18)8-16/h4-5,7,10H,1-3,6,8,16H2,(H,17,19). The fraction of sp³-hybridized carbons (Fsp3) is 0.462. The van der Waals surface area contributed by atoms with Gasteiger partial charge in [-0.2, -0.15) is 0 Å². The quantitative estimate of drug-likeness (QED) is 0.880. The average molecular weight is 302 g/mol. The topological polar surface area (TPSA) is 58.4 Å². The summed E-state index contributed by atoms with van der Waals surface area (Å²) < 4.78 is 0. The van der Waals surface area contributed by atoms with Crippen molar-refractivity contribution in [3.63, 3.8) is 0 Å². The Bertz CT molecular complexity index is 467. The number of hydrogen-bond acceptors (Lipinski definition) is 2. The van der Waals surface area contributed by atoms with Crippen LogP contribution < -0.4 is 11.1 Å². The zero-order valence-corrected chi connectivity index (χ0v) is 12.0. The van der Waals surface area contributed by atoms with Crippen LogP contribution in [-0.2, 0) is 0 Å². The van der Waals surface area contributed by atoms with Gasteiger partial charge in [-0.15, -0.1) is 0 Å². The molecule has 6 heteroatoms. The first-order chi connectivity index (χ1) is 9.11. The number of hydrogen-bond donors (Lipinski definition) is 2. The first-order valence-electron chi connectivity index (χ1n) is 6.34. The first-order valence-corrected chi connectivity index (χ1v) is 7.10. The van der Waals surface area contributed by atoms with Crippen LogP contribution in [0.15, 0.2) is 18.2 Å². The summed E-state index contributed by atoms with van der Waals surface area (Å²) in [6.45, 7) is 1.21. The molecule has 3 N–H and O–H groups in total. The summed E-state index contributed by atoms with van der Waals surface area (Å²) in [6, 6.07) is 4.92. The van der Waals surface area contributed by atoms with Crippen LogP contribution in [0, 0.1) is 0 Å². The minimum atomic E-state index is -0.167. The van der Waals surface area contributed by atoms with Crippen molar-refractivity contribution in [1.82, 2.24) is 4.90 Å². The molecule has 1 fully saturated rings. The lowest BCUT2D eigenvalue weighted by Crippen LogP contribution is -2.49. The number of nitrogens with one attached hydrogen (secondary N) is 1. The van der Waals surface area contributed by atoms with Gasteiger partial charge in [-0.25, -0.2) is 4.79 Å². The van der Waals surface area contributed by atoms with Gasteiger partial charge in [0.05, 0.1) is 10.7 Å². The number of carbonyl (C=O) groups is 1. The number of urea groups is 1. The molecule has 1 saturated heterocycles. The molecule has 0 aliphatic carbocycles. The van der Waals surface area contributed by atoms with Crippen LogP contribution in [0.25, 0.3) is 0 Å². The van der Waals surface area contributed by atoms with Gasteiger partial charge in [0.25, 0.3) is 0 Å². The fourth-order valence-electron chi connectivity index (χ4n) is 2.29. The molecule has 19 heavy (non-hydrogen) atoms. The summed E-state index contributed by atoms with van der Waals surface area (Å²) in [7, 11) is 0. The van der Waals surface area contributed by atoms with Crippen molar-refractivity contribution in [2.75, 3.05) is 18.4 Å². The molecule has 0 saturated carbocycles. The average Bonchev–Trinajstić information content (AvgIpc) is 2.42. The second-order valence-electron chi connectivity index (χ2n) is 4.63. The molecular weight excluding hydrogens is 285 g/mol. The van der Waals surface area contributed by atoms with Gasteiger partial charge in [0.1, 0.15) is 0 Å². The van der Waals surface area contributed by atoms with Crippen LogP contribution in [-0.4, -0.2) is 30.1 Å². The molecule has 1 atom stereocenters. The summed E-state index contributed by atoms with van der Waals surface area (Å²) >= 11 is 11.9. The maximum Gasteiger partial charge on any atom is 0.322 e. The van der Waals surface area contributed by atoms with Crippen molar-refractivity contribution in [2.45, 2.75) is 25.3 Å². The van der Waals surface area contributed by atoms with Crippen molar-refractivity contribution < 1.29 is 4.79 Å². The Morgan fingerprint density at radius 2 is 2.21 bits per heavy atom. The largest absolute Gasteiger partial charge is 0.328 e. The Kier molecular flexibility index (Phi) is 4.91. The number of halogens is 2. The molecule has 1 heterocycles. The van der Waals surface area contributed by atoms with E-state index in [9.17, 15) is 4.79 Å². The van der Waals surface area contributed by atoms with Gasteiger partial charge in [-0.05, 0) is 37.5 Å². The molecule has 2 amide bonds. The third kappa shape index (κ3) is 3.53. The molecule has 0 aromatic heterocycles. The predicted octanol–water partition coefficient (Wildman–Crippen LogP) is 3.34. The lowest BCUT2D eigenvalue weighted by Gasteiger charge is -2.35. The highest BCUT2D eigenvalue weighted by atomic mass is 35.5. The SMILES string of the molecule is NCC1CCCCN1C(=O)Nc1cc(Cl)ccc1Cl. The fourth-order valence-corrected chi connectivity index (χ4v) is 2.63. The number of benzene rings is 1. The van der Waals surface area contributed by atoms with Crippen LogP contribution in [0.2, 0.25) is 10.0 Å². The van der Waals surface area contributed by atoms with E-state index in [0.717, 1.165) is 25.8 Å². The Labute approximate surface area is 122 Å². The minimum Gasteiger partial charge on any atom is -0.328 e. The number of anilines is 1. The van der Waals surface area contributed by atoms with E-state index in [0.29, 0.717) is 22.3 Å². The van der Waals surface area contributed by atoms with Gasteiger partial charge < -0.3 is 16.0 Å². The Morgan fingerprint density at radius 1 is 1.42 bits per heavy atom. The number of nitrogens with zero attached hydrogens (tertiary/aromatic N) is 1. The number of carbonyl (C=O) groups excluding carboxylic acids is 1.